The third kappa shape index (κ3) is 2.74. The van der Waals surface area contributed by atoms with Crippen molar-refractivity contribution in [3.8, 4) is 5.75 Å². The molecule has 0 radical (unpaired) electrons. The second-order valence-corrected chi connectivity index (χ2v) is 5.76. The quantitative estimate of drug-likeness (QED) is 0.723. The molecule has 1 aromatic rings. The Hall–Kier alpha value is 0.270. The first-order chi connectivity index (χ1) is 7.74. The van der Waals surface area contributed by atoms with Crippen LogP contribution in [0.15, 0.2) is 12.1 Å². The van der Waals surface area contributed by atoms with Crippen molar-refractivity contribution in [1.29, 1.82) is 0 Å². The molecule has 4 heteroatoms. The first-order valence-corrected chi connectivity index (χ1v) is 7.92. The van der Waals surface area contributed by atoms with Crippen LogP contribution in [0.1, 0.15) is 11.1 Å². The van der Waals surface area contributed by atoms with Gasteiger partial charge in [0.1, 0.15) is 5.75 Å². The van der Waals surface area contributed by atoms with Gasteiger partial charge in [0.2, 0.25) is 0 Å². The Morgan fingerprint density at radius 1 is 1.31 bits per heavy atom. The lowest BCUT2D eigenvalue weighted by molar-refractivity contribution is 0.352. The fourth-order valence-corrected chi connectivity index (χ4v) is 3.75. The maximum Gasteiger partial charge on any atom is 0.125 e. The van der Waals surface area contributed by atoms with Gasteiger partial charge in [-0.25, -0.2) is 0 Å². The number of hydrogen-bond donors (Lipinski definition) is 0. The largest absolute Gasteiger partial charge is 0.493 e. The molecule has 0 saturated heterocycles. The smallest absolute Gasteiger partial charge is 0.125 e. The van der Waals surface area contributed by atoms with E-state index in [1.807, 2.05) is 12.1 Å². The Morgan fingerprint density at radius 2 is 2.06 bits per heavy atom. The zero-order chi connectivity index (χ0) is 11.5. The number of halogens is 3. The Kier molecular flexibility index (Phi) is 4.57. The first-order valence-electron chi connectivity index (χ1n) is 5.30. The van der Waals surface area contributed by atoms with Gasteiger partial charge in [-0.05, 0) is 35.6 Å². The van der Waals surface area contributed by atoms with Gasteiger partial charge in [-0.2, -0.15) is 0 Å². The van der Waals surface area contributed by atoms with E-state index in [9.17, 15) is 0 Å². The van der Waals surface area contributed by atoms with Crippen LogP contribution in [0.4, 0.5) is 0 Å². The van der Waals surface area contributed by atoms with Gasteiger partial charge in [0.05, 0.1) is 6.61 Å². The Bertz CT molecular complexity index is 378. The minimum atomic E-state index is 0.576. The van der Waals surface area contributed by atoms with Crippen LogP contribution in [-0.2, 0) is 12.8 Å². The van der Waals surface area contributed by atoms with E-state index in [0.717, 1.165) is 40.9 Å². The molecule has 2 rings (SSSR count). The molecule has 0 spiro atoms. The molecule has 0 bridgehead atoms. The van der Waals surface area contributed by atoms with E-state index in [1.165, 1.54) is 11.1 Å². The third-order valence-electron chi connectivity index (χ3n) is 2.77. The van der Waals surface area contributed by atoms with Crippen LogP contribution in [0.2, 0.25) is 5.02 Å². The van der Waals surface area contributed by atoms with Crippen molar-refractivity contribution in [2.75, 3.05) is 17.3 Å². The van der Waals surface area contributed by atoms with Gasteiger partial charge in [0, 0.05) is 22.1 Å². The van der Waals surface area contributed by atoms with Crippen molar-refractivity contribution in [2.24, 2.45) is 5.92 Å². The van der Waals surface area contributed by atoms with Gasteiger partial charge >= 0.3 is 0 Å². The number of ether oxygens (including phenoxy) is 1. The molecule has 0 aromatic heterocycles. The first kappa shape index (κ1) is 12.7. The van der Waals surface area contributed by atoms with Crippen LogP contribution >= 0.6 is 43.5 Å². The molecule has 0 N–H and O–H groups in total. The number of fused-ring (bicyclic) bond motifs is 1. The van der Waals surface area contributed by atoms with E-state index in [0.29, 0.717) is 5.92 Å². The lowest BCUT2D eigenvalue weighted by atomic mass is 9.99. The summed E-state index contributed by atoms with van der Waals surface area (Å²) in [7, 11) is 0. The van der Waals surface area contributed by atoms with Crippen LogP contribution in [0.25, 0.3) is 0 Å². The Labute approximate surface area is 118 Å². The van der Waals surface area contributed by atoms with E-state index in [2.05, 4.69) is 31.9 Å². The SMILES string of the molecule is Clc1cc2c(c(CC(CBr)CBr)c1)OCC2. The maximum absolute atomic E-state index is 6.12. The third-order valence-corrected chi connectivity index (χ3v) is 4.82. The number of benzene rings is 1. The summed E-state index contributed by atoms with van der Waals surface area (Å²) in [4.78, 5) is 0. The van der Waals surface area contributed by atoms with E-state index in [1.54, 1.807) is 0 Å². The molecule has 0 unspecified atom stereocenters. The zero-order valence-electron chi connectivity index (χ0n) is 8.81. The second-order valence-electron chi connectivity index (χ2n) is 4.03. The average molecular weight is 368 g/mol. The molecule has 1 aromatic carbocycles. The molecular formula is C12H13Br2ClO. The molecule has 1 aliphatic rings. The number of alkyl halides is 2. The molecule has 1 aliphatic heterocycles. The fourth-order valence-electron chi connectivity index (χ4n) is 1.96. The molecule has 0 amide bonds. The topological polar surface area (TPSA) is 9.23 Å². The number of hydrogen-bond acceptors (Lipinski definition) is 1. The highest BCUT2D eigenvalue weighted by Crippen LogP contribution is 2.34. The zero-order valence-corrected chi connectivity index (χ0v) is 12.7. The lowest BCUT2D eigenvalue weighted by Crippen LogP contribution is -2.08. The van der Waals surface area contributed by atoms with E-state index in [-0.39, 0.29) is 0 Å². The minimum Gasteiger partial charge on any atom is -0.493 e. The molecular weight excluding hydrogens is 355 g/mol. The molecule has 88 valence electrons. The summed E-state index contributed by atoms with van der Waals surface area (Å²) in [5, 5.41) is 2.79. The van der Waals surface area contributed by atoms with Crippen molar-refractivity contribution in [2.45, 2.75) is 12.8 Å². The van der Waals surface area contributed by atoms with Crippen LogP contribution in [0.5, 0.6) is 5.75 Å². The van der Waals surface area contributed by atoms with E-state index >= 15 is 0 Å². The fraction of sp³-hybridized carbons (Fsp3) is 0.500. The highest BCUT2D eigenvalue weighted by Gasteiger charge is 2.19. The summed E-state index contributed by atoms with van der Waals surface area (Å²) >= 11 is 13.2. The standard InChI is InChI=1S/C12H13Br2ClO/c13-6-8(7-14)3-10-5-11(15)4-9-1-2-16-12(9)10/h4-5,8H,1-3,6-7H2. The molecule has 0 fully saturated rings. The van der Waals surface area contributed by atoms with Crippen molar-refractivity contribution >= 4 is 43.5 Å². The summed E-state index contributed by atoms with van der Waals surface area (Å²) in [5.41, 5.74) is 2.49. The van der Waals surface area contributed by atoms with Crippen molar-refractivity contribution < 1.29 is 4.74 Å². The molecule has 0 aliphatic carbocycles. The summed E-state index contributed by atoms with van der Waals surface area (Å²) < 4.78 is 5.69. The molecule has 1 heterocycles. The number of rotatable bonds is 4. The Balaban J connectivity index is 2.26. The predicted molar refractivity (Wildman–Crippen MR) is 75.4 cm³/mol. The summed E-state index contributed by atoms with van der Waals surface area (Å²) in [6.07, 6.45) is 1.98. The van der Waals surface area contributed by atoms with Gasteiger partial charge in [0.25, 0.3) is 0 Å². The highest BCUT2D eigenvalue weighted by molar-refractivity contribution is 9.09. The van der Waals surface area contributed by atoms with E-state index in [4.69, 9.17) is 16.3 Å². The molecule has 0 atom stereocenters. The molecule has 16 heavy (non-hydrogen) atoms. The van der Waals surface area contributed by atoms with Crippen molar-refractivity contribution in [3.63, 3.8) is 0 Å². The Morgan fingerprint density at radius 3 is 2.75 bits per heavy atom. The van der Waals surface area contributed by atoms with Gasteiger partial charge in [-0.1, -0.05) is 43.5 Å². The second kappa shape index (κ2) is 5.74. The van der Waals surface area contributed by atoms with Crippen LogP contribution < -0.4 is 4.74 Å². The van der Waals surface area contributed by atoms with Gasteiger partial charge in [0.15, 0.2) is 0 Å². The van der Waals surface area contributed by atoms with Crippen molar-refractivity contribution in [3.05, 3.63) is 28.3 Å². The van der Waals surface area contributed by atoms with Crippen LogP contribution in [0.3, 0.4) is 0 Å². The average Bonchev–Trinajstić information content (AvgIpc) is 2.73. The normalized spacial score (nSPS) is 14.0. The van der Waals surface area contributed by atoms with Gasteiger partial charge < -0.3 is 4.74 Å². The van der Waals surface area contributed by atoms with Crippen LogP contribution in [-0.4, -0.2) is 17.3 Å². The summed E-state index contributed by atoms with van der Waals surface area (Å²) in [6, 6.07) is 4.05. The lowest BCUT2D eigenvalue weighted by Gasteiger charge is -2.14. The monoisotopic (exact) mass is 366 g/mol. The summed E-state index contributed by atoms with van der Waals surface area (Å²) in [5.74, 6) is 1.64. The minimum absolute atomic E-state index is 0.576. The predicted octanol–water partition coefficient (Wildman–Crippen LogP) is 4.22. The maximum atomic E-state index is 6.12. The van der Waals surface area contributed by atoms with Gasteiger partial charge in [-0.3, -0.25) is 0 Å². The van der Waals surface area contributed by atoms with E-state index < -0.39 is 0 Å². The van der Waals surface area contributed by atoms with Gasteiger partial charge in [-0.15, -0.1) is 0 Å². The van der Waals surface area contributed by atoms with Crippen molar-refractivity contribution in [1.82, 2.24) is 0 Å². The molecule has 1 nitrogen and oxygen atoms in total. The highest BCUT2D eigenvalue weighted by atomic mass is 79.9. The summed E-state index contributed by atoms with van der Waals surface area (Å²) in [6.45, 7) is 0.788. The molecule has 0 saturated carbocycles. The van der Waals surface area contributed by atoms with Crippen LogP contribution in [0, 0.1) is 5.92 Å².